The number of hydrogen-bond donors (Lipinski definition) is 1. The quantitative estimate of drug-likeness (QED) is 0.909. The zero-order chi connectivity index (χ0) is 12.4. The van der Waals surface area contributed by atoms with Gasteiger partial charge in [0.2, 0.25) is 0 Å². The summed E-state index contributed by atoms with van der Waals surface area (Å²) >= 11 is 1.24. The van der Waals surface area contributed by atoms with Gasteiger partial charge in [0.15, 0.2) is 5.16 Å². The van der Waals surface area contributed by atoms with Crippen LogP contribution in [0.2, 0.25) is 0 Å². The average molecular weight is 252 g/mol. The molecule has 4 nitrogen and oxygen atoms in total. The molecule has 90 valence electrons. The van der Waals surface area contributed by atoms with Crippen LogP contribution in [0, 0.1) is 5.82 Å². The summed E-state index contributed by atoms with van der Waals surface area (Å²) in [6, 6.07) is 4.83. The molecule has 0 aliphatic heterocycles. The Morgan fingerprint density at radius 3 is 2.76 bits per heavy atom. The Kier molecular flexibility index (Phi) is 3.44. The van der Waals surface area contributed by atoms with Gasteiger partial charge in [0.1, 0.15) is 12.1 Å². The van der Waals surface area contributed by atoms with Gasteiger partial charge in [-0.15, -0.1) is 10.2 Å². The highest BCUT2D eigenvalue weighted by Crippen LogP contribution is 2.29. The van der Waals surface area contributed by atoms with E-state index in [4.69, 9.17) is 5.73 Å². The van der Waals surface area contributed by atoms with E-state index in [0.717, 1.165) is 5.56 Å². The number of nitrogens with two attached hydrogens (primary N) is 1. The highest BCUT2D eigenvalue weighted by molar-refractivity contribution is 7.99. The summed E-state index contributed by atoms with van der Waals surface area (Å²) in [6.45, 7) is 1.82. The monoisotopic (exact) mass is 252 g/mol. The van der Waals surface area contributed by atoms with Gasteiger partial charge in [0.05, 0.1) is 4.90 Å². The molecular weight excluding hydrogens is 239 g/mol. The van der Waals surface area contributed by atoms with Gasteiger partial charge >= 0.3 is 0 Å². The summed E-state index contributed by atoms with van der Waals surface area (Å²) in [7, 11) is 1.82. The summed E-state index contributed by atoms with van der Waals surface area (Å²) in [5.74, 6) is -0.284. The lowest BCUT2D eigenvalue weighted by Crippen LogP contribution is -2.05. The lowest BCUT2D eigenvalue weighted by Gasteiger charge is -2.08. The second-order valence-corrected chi connectivity index (χ2v) is 4.81. The fourth-order valence-electron chi connectivity index (χ4n) is 1.35. The fourth-order valence-corrected chi connectivity index (χ4v) is 2.11. The fraction of sp³-hybridized carbons (Fsp3) is 0.273. The second kappa shape index (κ2) is 4.85. The number of rotatable bonds is 3. The number of nitrogens with zero attached hydrogens (tertiary/aromatic N) is 3. The van der Waals surface area contributed by atoms with Crippen molar-refractivity contribution >= 4 is 11.8 Å². The first-order chi connectivity index (χ1) is 8.08. The van der Waals surface area contributed by atoms with Gasteiger partial charge < -0.3 is 10.3 Å². The highest BCUT2D eigenvalue weighted by atomic mass is 32.2. The molecule has 0 radical (unpaired) electrons. The molecule has 0 bridgehead atoms. The van der Waals surface area contributed by atoms with E-state index in [2.05, 4.69) is 10.2 Å². The van der Waals surface area contributed by atoms with Crippen molar-refractivity contribution in [3.8, 4) is 0 Å². The van der Waals surface area contributed by atoms with Crippen molar-refractivity contribution in [3.63, 3.8) is 0 Å². The first kappa shape index (κ1) is 12.1. The predicted molar refractivity (Wildman–Crippen MR) is 64.1 cm³/mol. The smallest absolute Gasteiger partial charge is 0.195 e. The Morgan fingerprint density at radius 2 is 2.24 bits per heavy atom. The van der Waals surface area contributed by atoms with Crippen LogP contribution in [0.5, 0.6) is 0 Å². The molecule has 0 saturated heterocycles. The summed E-state index contributed by atoms with van der Waals surface area (Å²) in [4.78, 5) is 0.519. The van der Waals surface area contributed by atoms with Gasteiger partial charge in [-0.2, -0.15) is 0 Å². The minimum Gasteiger partial charge on any atom is -0.324 e. The maximum atomic E-state index is 13.8. The molecule has 0 aliphatic rings. The molecule has 1 aromatic heterocycles. The van der Waals surface area contributed by atoms with Crippen LogP contribution >= 0.6 is 11.8 Å². The third-order valence-electron chi connectivity index (χ3n) is 2.35. The highest BCUT2D eigenvalue weighted by Gasteiger charge is 2.10. The van der Waals surface area contributed by atoms with Crippen molar-refractivity contribution in [3.05, 3.63) is 35.9 Å². The second-order valence-electron chi connectivity index (χ2n) is 3.81. The molecule has 2 N–H and O–H groups in total. The molecule has 0 fully saturated rings. The molecule has 2 rings (SSSR count). The minimum atomic E-state index is -0.284. The van der Waals surface area contributed by atoms with E-state index in [1.165, 1.54) is 17.8 Å². The summed E-state index contributed by atoms with van der Waals surface area (Å²) in [5, 5.41) is 8.29. The number of halogens is 1. The van der Waals surface area contributed by atoms with Crippen LogP contribution in [-0.4, -0.2) is 14.8 Å². The number of benzene rings is 1. The Labute approximate surface area is 103 Å². The molecule has 17 heavy (non-hydrogen) atoms. The molecule has 1 aromatic carbocycles. The first-order valence-corrected chi connectivity index (χ1v) is 5.96. The van der Waals surface area contributed by atoms with E-state index < -0.39 is 0 Å². The predicted octanol–water partition coefficient (Wildman–Crippen LogP) is 2.13. The van der Waals surface area contributed by atoms with Crippen molar-refractivity contribution in [1.82, 2.24) is 14.8 Å². The van der Waals surface area contributed by atoms with Crippen LogP contribution in [0.25, 0.3) is 0 Å². The average Bonchev–Trinajstić information content (AvgIpc) is 2.67. The maximum Gasteiger partial charge on any atom is 0.195 e. The Morgan fingerprint density at radius 1 is 1.47 bits per heavy atom. The third kappa shape index (κ3) is 2.65. The molecule has 1 atom stereocenters. The molecule has 6 heteroatoms. The molecule has 2 aromatic rings. The maximum absolute atomic E-state index is 13.8. The molecular formula is C11H13FN4S. The van der Waals surface area contributed by atoms with E-state index in [-0.39, 0.29) is 11.9 Å². The van der Waals surface area contributed by atoms with E-state index in [1.807, 2.05) is 20.0 Å². The van der Waals surface area contributed by atoms with Crippen LogP contribution in [-0.2, 0) is 7.05 Å². The van der Waals surface area contributed by atoms with Gasteiger partial charge in [-0.05, 0) is 36.4 Å². The standard InChI is InChI=1S/C11H13FN4S/c1-7(13)8-3-4-10(9(12)5-8)17-11-15-14-6-16(11)2/h3-7H,13H2,1-2H3/t7-/m0/s1. The molecule has 1 heterocycles. The molecule has 0 unspecified atom stereocenters. The zero-order valence-electron chi connectivity index (χ0n) is 9.59. The van der Waals surface area contributed by atoms with Crippen LogP contribution in [0.1, 0.15) is 18.5 Å². The largest absolute Gasteiger partial charge is 0.324 e. The van der Waals surface area contributed by atoms with Crippen LogP contribution in [0.3, 0.4) is 0 Å². The normalized spacial score (nSPS) is 12.7. The summed E-state index contributed by atoms with van der Waals surface area (Å²) in [5.41, 5.74) is 6.48. The van der Waals surface area contributed by atoms with Gasteiger partial charge in [-0.1, -0.05) is 6.07 Å². The number of hydrogen-bond acceptors (Lipinski definition) is 4. The number of aromatic nitrogens is 3. The van der Waals surface area contributed by atoms with Crippen molar-refractivity contribution in [2.75, 3.05) is 0 Å². The van der Waals surface area contributed by atoms with E-state index >= 15 is 0 Å². The number of aryl methyl sites for hydroxylation is 1. The summed E-state index contributed by atoms with van der Waals surface area (Å²) in [6.07, 6.45) is 1.58. The molecule has 0 aliphatic carbocycles. The minimum absolute atomic E-state index is 0.168. The SMILES string of the molecule is C[C@H](N)c1ccc(Sc2nncn2C)c(F)c1. The topological polar surface area (TPSA) is 56.7 Å². The van der Waals surface area contributed by atoms with Crippen molar-refractivity contribution in [2.45, 2.75) is 23.0 Å². The third-order valence-corrected chi connectivity index (χ3v) is 3.46. The van der Waals surface area contributed by atoms with E-state index in [1.54, 1.807) is 17.0 Å². The molecule has 0 spiro atoms. The van der Waals surface area contributed by atoms with E-state index in [9.17, 15) is 4.39 Å². The van der Waals surface area contributed by atoms with Crippen molar-refractivity contribution < 1.29 is 4.39 Å². The lowest BCUT2D eigenvalue weighted by atomic mass is 10.1. The molecule has 0 saturated carbocycles. The zero-order valence-corrected chi connectivity index (χ0v) is 10.4. The first-order valence-electron chi connectivity index (χ1n) is 5.15. The Hall–Kier alpha value is -1.40. The van der Waals surface area contributed by atoms with Crippen LogP contribution in [0.4, 0.5) is 4.39 Å². The van der Waals surface area contributed by atoms with Crippen LogP contribution in [0.15, 0.2) is 34.6 Å². The van der Waals surface area contributed by atoms with Crippen LogP contribution < -0.4 is 5.73 Å². The van der Waals surface area contributed by atoms with Crippen molar-refractivity contribution in [1.29, 1.82) is 0 Å². The Balaban J connectivity index is 2.26. The van der Waals surface area contributed by atoms with Gasteiger partial charge in [-0.3, -0.25) is 0 Å². The molecule has 0 amide bonds. The van der Waals surface area contributed by atoms with Crippen molar-refractivity contribution in [2.24, 2.45) is 12.8 Å². The Bertz CT molecular complexity index is 524. The summed E-state index contributed by atoms with van der Waals surface area (Å²) < 4.78 is 15.5. The lowest BCUT2D eigenvalue weighted by molar-refractivity contribution is 0.596. The van der Waals surface area contributed by atoms with Gasteiger partial charge in [0.25, 0.3) is 0 Å². The van der Waals surface area contributed by atoms with Gasteiger partial charge in [0, 0.05) is 13.1 Å². The van der Waals surface area contributed by atoms with Gasteiger partial charge in [-0.25, -0.2) is 4.39 Å². The van der Waals surface area contributed by atoms with E-state index in [0.29, 0.717) is 10.1 Å².